The minimum Gasteiger partial charge on any atom is -0.103 e. The van der Waals surface area contributed by atoms with Crippen molar-refractivity contribution in [2.75, 3.05) is 0 Å². The zero-order chi connectivity index (χ0) is 9.03. The molecule has 1 aliphatic rings. The first-order valence-corrected chi connectivity index (χ1v) is 4.88. The predicted octanol–water partition coefficient (Wildman–Crippen LogP) is 2.94. The molecule has 12 heavy (non-hydrogen) atoms. The van der Waals surface area contributed by atoms with E-state index in [9.17, 15) is 0 Å². The third-order valence-electron chi connectivity index (χ3n) is 2.47. The third kappa shape index (κ3) is 2.93. The second-order valence-electron chi connectivity index (χ2n) is 4.29. The maximum atomic E-state index is 6.03. The van der Waals surface area contributed by atoms with Crippen LogP contribution < -0.4 is 0 Å². The second-order valence-corrected chi connectivity index (χ2v) is 4.29. The molecule has 1 atom stereocenters. The highest BCUT2D eigenvalue weighted by Gasteiger charge is 2.21. The van der Waals surface area contributed by atoms with E-state index in [1.165, 1.54) is 25.7 Å². The van der Waals surface area contributed by atoms with Crippen LogP contribution in [0, 0.1) is 17.8 Å². The highest BCUT2D eigenvalue weighted by atomic mass is 14.2. The Bertz CT molecular complexity index is 189. The molecule has 0 aliphatic heterocycles. The van der Waals surface area contributed by atoms with Crippen LogP contribution in [-0.4, -0.2) is 7.85 Å². The Morgan fingerprint density at radius 2 is 2.00 bits per heavy atom. The van der Waals surface area contributed by atoms with Crippen molar-refractivity contribution in [3.8, 4) is 11.8 Å². The fourth-order valence-electron chi connectivity index (χ4n) is 1.56. The summed E-state index contributed by atoms with van der Waals surface area (Å²) in [4.78, 5) is 0. The van der Waals surface area contributed by atoms with Gasteiger partial charge in [-0.05, 0) is 12.8 Å². The summed E-state index contributed by atoms with van der Waals surface area (Å²) in [5.74, 6) is 6.90. The first kappa shape index (κ1) is 9.71. The standard InChI is InChI=1S/C11H17B/c1-11(2,12)10-8-6-4-3-5-7-9-10/h10H,3-6,8H2,1-2H3. The van der Waals surface area contributed by atoms with Crippen LogP contribution in [0.4, 0.5) is 0 Å². The molecule has 2 radical (unpaired) electrons. The summed E-state index contributed by atoms with van der Waals surface area (Å²) < 4.78 is 0. The molecule has 1 heteroatoms. The Morgan fingerprint density at radius 1 is 1.25 bits per heavy atom. The molecule has 0 bridgehead atoms. The summed E-state index contributed by atoms with van der Waals surface area (Å²) >= 11 is 0. The van der Waals surface area contributed by atoms with Crippen molar-refractivity contribution in [1.82, 2.24) is 0 Å². The lowest BCUT2D eigenvalue weighted by molar-refractivity contribution is 0.443. The Balaban J connectivity index is 2.61. The maximum absolute atomic E-state index is 6.03. The molecule has 0 heterocycles. The predicted molar refractivity (Wildman–Crippen MR) is 54.1 cm³/mol. The normalized spacial score (nSPS) is 25.0. The molecule has 0 fully saturated rings. The van der Waals surface area contributed by atoms with E-state index in [2.05, 4.69) is 25.7 Å². The van der Waals surface area contributed by atoms with E-state index in [1.54, 1.807) is 0 Å². The van der Waals surface area contributed by atoms with E-state index in [0.29, 0.717) is 5.92 Å². The van der Waals surface area contributed by atoms with Gasteiger partial charge in [0.2, 0.25) is 0 Å². The molecule has 1 rings (SSSR count). The van der Waals surface area contributed by atoms with E-state index in [-0.39, 0.29) is 5.31 Å². The highest BCUT2D eigenvalue weighted by molar-refractivity contribution is 6.15. The van der Waals surface area contributed by atoms with Crippen molar-refractivity contribution in [3.63, 3.8) is 0 Å². The van der Waals surface area contributed by atoms with E-state index in [0.717, 1.165) is 6.42 Å². The Hall–Kier alpha value is -0.375. The molecule has 0 nitrogen and oxygen atoms in total. The highest BCUT2D eigenvalue weighted by Crippen LogP contribution is 2.34. The third-order valence-corrected chi connectivity index (χ3v) is 2.47. The van der Waals surface area contributed by atoms with Gasteiger partial charge in [-0.15, -0.1) is 11.8 Å². The summed E-state index contributed by atoms with van der Waals surface area (Å²) in [5.41, 5.74) is 0. The molecular formula is C11H17B. The lowest BCUT2D eigenvalue weighted by Crippen LogP contribution is -2.16. The number of rotatable bonds is 1. The Morgan fingerprint density at radius 3 is 2.67 bits per heavy atom. The van der Waals surface area contributed by atoms with Crippen molar-refractivity contribution in [2.45, 2.75) is 51.3 Å². The summed E-state index contributed by atoms with van der Waals surface area (Å²) in [6.07, 6.45) is 6.12. The molecule has 0 saturated heterocycles. The maximum Gasteiger partial charge on any atom is 0.0755 e. The molecule has 0 saturated carbocycles. The van der Waals surface area contributed by atoms with Crippen molar-refractivity contribution in [2.24, 2.45) is 5.92 Å². The van der Waals surface area contributed by atoms with Crippen LogP contribution in [0.5, 0.6) is 0 Å². The Labute approximate surface area is 77.5 Å². The van der Waals surface area contributed by atoms with Gasteiger partial charge in [0.1, 0.15) is 0 Å². The van der Waals surface area contributed by atoms with Crippen LogP contribution in [-0.2, 0) is 0 Å². The first-order chi connectivity index (χ1) is 5.61. The minimum atomic E-state index is -0.121. The van der Waals surface area contributed by atoms with Crippen LogP contribution >= 0.6 is 0 Å². The molecule has 0 aromatic carbocycles. The first-order valence-electron chi connectivity index (χ1n) is 4.88. The topological polar surface area (TPSA) is 0 Å². The van der Waals surface area contributed by atoms with Gasteiger partial charge < -0.3 is 0 Å². The number of hydrogen-bond acceptors (Lipinski definition) is 0. The van der Waals surface area contributed by atoms with Gasteiger partial charge in [-0.1, -0.05) is 32.0 Å². The summed E-state index contributed by atoms with van der Waals surface area (Å²) in [6, 6.07) is 0. The minimum absolute atomic E-state index is 0.121. The fraction of sp³-hybridized carbons (Fsp3) is 0.818. The SMILES string of the molecule is [B]C(C)(C)C1C#CCCCCC1. The van der Waals surface area contributed by atoms with Crippen molar-refractivity contribution in [3.05, 3.63) is 0 Å². The van der Waals surface area contributed by atoms with Crippen molar-refractivity contribution in [1.29, 1.82) is 0 Å². The summed E-state index contributed by atoms with van der Waals surface area (Å²) in [6.45, 7) is 4.15. The van der Waals surface area contributed by atoms with Crippen molar-refractivity contribution < 1.29 is 0 Å². The van der Waals surface area contributed by atoms with E-state index < -0.39 is 0 Å². The zero-order valence-corrected chi connectivity index (χ0v) is 8.19. The molecule has 1 unspecified atom stereocenters. The van der Waals surface area contributed by atoms with Gasteiger partial charge >= 0.3 is 0 Å². The van der Waals surface area contributed by atoms with E-state index >= 15 is 0 Å². The molecule has 1 aliphatic carbocycles. The monoisotopic (exact) mass is 160 g/mol. The van der Waals surface area contributed by atoms with Crippen LogP contribution in [0.25, 0.3) is 0 Å². The van der Waals surface area contributed by atoms with E-state index in [4.69, 9.17) is 7.85 Å². The van der Waals surface area contributed by atoms with Gasteiger partial charge in [-0.3, -0.25) is 0 Å². The van der Waals surface area contributed by atoms with Crippen LogP contribution in [0.3, 0.4) is 0 Å². The average molecular weight is 160 g/mol. The van der Waals surface area contributed by atoms with Crippen LogP contribution in [0.15, 0.2) is 0 Å². The van der Waals surface area contributed by atoms with Gasteiger partial charge in [-0.2, -0.15) is 0 Å². The molecule has 0 amide bonds. The van der Waals surface area contributed by atoms with Crippen molar-refractivity contribution >= 4 is 7.85 Å². The fourth-order valence-corrected chi connectivity index (χ4v) is 1.56. The average Bonchev–Trinajstić information content (AvgIpc) is 1.81. The lowest BCUT2D eigenvalue weighted by Gasteiger charge is -2.27. The molecule has 0 aromatic rings. The zero-order valence-electron chi connectivity index (χ0n) is 8.19. The molecule has 0 spiro atoms. The molecule has 0 aromatic heterocycles. The van der Waals surface area contributed by atoms with Crippen LogP contribution in [0.2, 0.25) is 5.31 Å². The van der Waals surface area contributed by atoms with Gasteiger partial charge in [0.05, 0.1) is 7.85 Å². The van der Waals surface area contributed by atoms with Crippen LogP contribution in [0.1, 0.15) is 46.0 Å². The lowest BCUT2D eigenvalue weighted by atomic mass is 9.62. The quantitative estimate of drug-likeness (QED) is 0.408. The van der Waals surface area contributed by atoms with E-state index in [1.807, 2.05) is 0 Å². The van der Waals surface area contributed by atoms with Gasteiger partial charge in [0.15, 0.2) is 0 Å². The summed E-state index contributed by atoms with van der Waals surface area (Å²) in [5, 5.41) is -0.121. The molecule has 64 valence electrons. The molecule has 0 N–H and O–H groups in total. The largest absolute Gasteiger partial charge is 0.103 e. The van der Waals surface area contributed by atoms with Gasteiger partial charge in [0.25, 0.3) is 0 Å². The number of hydrogen-bond donors (Lipinski definition) is 0. The molecular weight excluding hydrogens is 143 g/mol. The summed E-state index contributed by atoms with van der Waals surface area (Å²) in [7, 11) is 6.03. The smallest absolute Gasteiger partial charge is 0.0755 e. The van der Waals surface area contributed by atoms with Gasteiger partial charge in [-0.25, -0.2) is 0 Å². The second kappa shape index (κ2) is 4.03. The van der Waals surface area contributed by atoms with Gasteiger partial charge in [0, 0.05) is 12.3 Å². The Kier molecular flexibility index (Phi) is 3.26.